The first kappa shape index (κ1) is 8.38. The van der Waals surface area contributed by atoms with E-state index in [0.29, 0.717) is 0 Å². The van der Waals surface area contributed by atoms with Crippen molar-refractivity contribution >= 4 is 11.6 Å². The fourth-order valence-electron chi connectivity index (χ4n) is 0.828. The molecule has 0 fully saturated rings. The van der Waals surface area contributed by atoms with Crippen LogP contribution in [0.15, 0.2) is 12.5 Å². The van der Waals surface area contributed by atoms with Crippen LogP contribution in [0.25, 0.3) is 0 Å². The van der Waals surface area contributed by atoms with Crippen molar-refractivity contribution in [3.8, 4) is 0 Å². The summed E-state index contributed by atoms with van der Waals surface area (Å²) in [5.41, 5.74) is 0. The van der Waals surface area contributed by atoms with Gasteiger partial charge < -0.3 is 10.1 Å². The largest absolute Gasteiger partial charge is 0.358 e. The molecule has 1 aromatic heterocycles. The van der Waals surface area contributed by atoms with Gasteiger partial charge >= 0.3 is 5.82 Å². The van der Waals surface area contributed by atoms with Gasteiger partial charge in [-0.2, -0.15) is 0 Å². The van der Waals surface area contributed by atoms with Crippen LogP contribution in [0.1, 0.15) is 6.92 Å². The Morgan fingerprint density at radius 2 is 2.50 bits per heavy atom. The number of nitrogens with zero attached hydrogens (tertiary/aromatic N) is 3. The van der Waals surface area contributed by atoms with Crippen molar-refractivity contribution in [3.05, 3.63) is 22.6 Å². The summed E-state index contributed by atoms with van der Waals surface area (Å²) >= 11 is 0. The molecular weight excluding hydrogens is 162 g/mol. The Labute approximate surface area is 68.0 Å². The summed E-state index contributed by atoms with van der Waals surface area (Å²) < 4.78 is 1.20. The zero-order valence-corrected chi connectivity index (χ0v) is 6.43. The van der Waals surface area contributed by atoms with Crippen molar-refractivity contribution in [1.82, 2.24) is 9.55 Å². The number of carbonyl (C=O) groups is 1. The summed E-state index contributed by atoms with van der Waals surface area (Å²) in [4.78, 5) is 23.9. The van der Waals surface area contributed by atoms with E-state index in [2.05, 4.69) is 4.98 Å². The second-order valence-electron chi connectivity index (χ2n) is 2.34. The summed E-state index contributed by atoms with van der Waals surface area (Å²) in [6.45, 7) is 1.36. The first-order valence-corrected chi connectivity index (χ1v) is 3.25. The third kappa shape index (κ3) is 1.66. The van der Waals surface area contributed by atoms with E-state index in [0.717, 1.165) is 6.20 Å². The Hall–Kier alpha value is -1.72. The summed E-state index contributed by atoms with van der Waals surface area (Å²) in [6, 6.07) is 0. The number of carbonyl (C=O) groups excluding carboxylic acids is 1. The van der Waals surface area contributed by atoms with Gasteiger partial charge in [-0.05, 0) is 11.8 Å². The Morgan fingerprint density at radius 1 is 1.83 bits per heavy atom. The van der Waals surface area contributed by atoms with Crippen LogP contribution in [0.5, 0.6) is 0 Å². The molecule has 0 aliphatic rings. The molecule has 0 radical (unpaired) electrons. The topological polar surface area (TPSA) is 78.0 Å². The molecule has 0 spiro atoms. The predicted octanol–water partition coefficient (Wildman–Crippen LogP) is 0.380. The van der Waals surface area contributed by atoms with E-state index in [1.165, 1.54) is 17.8 Å². The SMILES string of the molecule is CC(=O)Cn1cncc1[N+](=O)[O-]. The van der Waals surface area contributed by atoms with Gasteiger partial charge in [0.05, 0.1) is 0 Å². The molecule has 0 unspecified atom stereocenters. The molecule has 1 aromatic rings. The van der Waals surface area contributed by atoms with Crippen LogP contribution in [0.4, 0.5) is 5.82 Å². The highest BCUT2D eigenvalue weighted by Crippen LogP contribution is 2.08. The van der Waals surface area contributed by atoms with Crippen LogP contribution in [0.2, 0.25) is 0 Å². The molecule has 0 bridgehead atoms. The molecule has 64 valence electrons. The molecule has 6 heteroatoms. The Kier molecular flexibility index (Phi) is 2.18. The third-order valence-electron chi connectivity index (χ3n) is 1.27. The molecule has 0 aliphatic heterocycles. The first-order chi connectivity index (χ1) is 5.61. The van der Waals surface area contributed by atoms with E-state index in [-0.39, 0.29) is 18.1 Å². The van der Waals surface area contributed by atoms with E-state index >= 15 is 0 Å². The Balaban J connectivity index is 2.91. The highest BCUT2D eigenvalue weighted by molar-refractivity contribution is 5.75. The zero-order valence-electron chi connectivity index (χ0n) is 6.43. The van der Waals surface area contributed by atoms with Gasteiger partial charge in [0.2, 0.25) is 0 Å². The standard InChI is InChI=1S/C6H7N3O3/c1-5(10)3-8-4-7-2-6(8)9(11)12/h2,4H,3H2,1H3. The van der Waals surface area contributed by atoms with Crippen molar-refractivity contribution in [2.24, 2.45) is 0 Å². The fourth-order valence-corrected chi connectivity index (χ4v) is 0.828. The Bertz CT molecular complexity index is 318. The molecule has 6 nitrogen and oxygen atoms in total. The van der Waals surface area contributed by atoms with Crippen molar-refractivity contribution < 1.29 is 9.72 Å². The highest BCUT2D eigenvalue weighted by Gasteiger charge is 2.13. The van der Waals surface area contributed by atoms with E-state index in [9.17, 15) is 14.9 Å². The summed E-state index contributed by atoms with van der Waals surface area (Å²) in [5, 5.41) is 10.3. The lowest BCUT2D eigenvalue weighted by molar-refractivity contribution is -0.392. The molecule has 0 aromatic carbocycles. The second kappa shape index (κ2) is 3.12. The van der Waals surface area contributed by atoms with Crippen molar-refractivity contribution in [1.29, 1.82) is 0 Å². The highest BCUT2D eigenvalue weighted by atomic mass is 16.6. The van der Waals surface area contributed by atoms with Gasteiger partial charge in [-0.25, -0.2) is 9.55 Å². The first-order valence-electron chi connectivity index (χ1n) is 3.25. The number of Topliss-reactive ketones (excluding diaryl/α,β-unsaturated/α-hetero) is 1. The molecule has 0 N–H and O–H groups in total. The molecule has 0 atom stereocenters. The Morgan fingerprint density at radius 3 is 3.00 bits per heavy atom. The summed E-state index contributed by atoms with van der Waals surface area (Å²) in [5.74, 6) is -0.304. The zero-order chi connectivity index (χ0) is 9.14. The number of hydrogen-bond acceptors (Lipinski definition) is 4. The molecule has 0 saturated carbocycles. The normalized spacial score (nSPS) is 9.75. The maximum absolute atomic E-state index is 10.6. The lowest BCUT2D eigenvalue weighted by Gasteiger charge is -1.95. The van der Waals surface area contributed by atoms with Crippen molar-refractivity contribution in [2.45, 2.75) is 13.5 Å². The van der Waals surface area contributed by atoms with Gasteiger partial charge in [0.15, 0.2) is 18.7 Å². The van der Waals surface area contributed by atoms with Crippen LogP contribution >= 0.6 is 0 Å². The molecule has 0 aliphatic carbocycles. The average Bonchev–Trinajstić information content (AvgIpc) is 2.33. The quantitative estimate of drug-likeness (QED) is 0.484. The summed E-state index contributed by atoms with van der Waals surface area (Å²) in [7, 11) is 0. The number of ketones is 1. The molecule has 0 saturated heterocycles. The van der Waals surface area contributed by atoms with Crippen molar-refractivity contribution in [2.75, 3.05) is 0 Å². The molecule has 0 amide bonds. The molecule has 1 rings (SSSR count). The van der Waals surface area contributed by atoms with E-state index < -0.39 is 4.92 Å². The number of hydrogen-bond donors (Lipinski definition) is 0. The number of imidazole rings is 1. The van der Waals surface area contributed by atoms with Crippen LogP contribution in [0, 0.1) is 10.1 Å². The minimum Gasteiger partial charge on any atom is -0.358 e. The monoisotopic (exact) mass is 169 g/mol. The van der Waals surface area contributed by atoms with E-state index in [1.54, 1.807) is 0 Å². The van der Waals surface area contributed by atoms with Gasteiger partial charge in [0, 0.05) is 0 Å². The van der Waals surface area contributed by atoms with Gasteiger partial charge in [-0.1, -0.05) is 0 Å². The molecule has 12 heavy (non-hydrogen) atoms. The average molecular weight is 169 g/mol. The molecular formula is C6H7N3O3. The lowest BCUT2D eigenvalue weighted by Crippen LogP contribution is -2.07. The minimum atomic E-state index is -0.573. The lowest BCUT2D eigenvalue weighted by atomic mass is 10.4. The maximum Gasteiger partial charge on any atom is 0.343 e. The van der Waals surface area contributed by atoms with E-state index in [4.69, 9.17) is 0 Å². The van der Waals surface area contributed by atoms with Gasteiger partial charge in [0.1, 0.15) is 6.20 Å². The maximum atomic E-state index is 10.6. The number of nitro groups is 1. The van der Waals surface area contributed by atoms with Crippen LogP contribution in [0.3, 0.4) is 0 Å². The number of rotatable bonds is 3. The smallest absolute Gasteiger partial charge is 0.343 e. The van der Waals surface area contributed by atoms with Crippen LogP contribution in [-0.2, 0) is 11.3 Å². The molecule has 1 heterocycles. The van der Waals surface area contributed by atoms with Gasteiger partial charge in [-0.15, -0.1) is 0 Å². The van der Waals surface area contributed by atoms with Crippen LogP contribution < -0.4 is 0 Å². The summed E-state index contributed by atoms with van der Waals surface area (Å²) in [6.07, 6.45) is 2.38. The van der Waals surface area contributed by atoms with Gasteiger partial charge in [-0.3, -0.25) is 4.79 Å². The fraction of sp³-hybridized carbons (Fsp3) is 0.333. The van der Waals surface area contributed by atoms with E-state index in [1.807, 2.05) is 0 Å². The van der Waals surface area contributed by atoms with Crippen molar-refractivity contribution in [3.63, 3.8) is 0 Å². The van der Waals surface area contributed by atoms with Gasteiger partial charge in [0.25, 0.3) is 0 Å². The minimum absolute atomic E-state index is 0.00366. The predicted molar refractivity (Wildman–Crippen MR) is 39.6 cm³/mol. The number of aromatic nitrogens is 2. The third-order valence-corrected chi connectivity index (χ3v) is 1.27. The van der Waals surface area contributed by atoms with Crippen LogP contribution in [-0.4, -0.2) is 20.3 Å². The second-order valence-corrected chi connectivity index (χ2v) is 2.34.